The first-order chi connectivity index (χ1) is 9.62. The highest BCUT2D eigenvalue weighted by atomic mass is 32.2. The van der Waals surface area contributed by atoms with Gasteiger partial charge < -0.3 is 5.32 Å². The van der Waals surface area contributed by atoms with Gasteiger partial charge in [0, 0.05) is 25.5 Å². The summed E-state index contributed by atoms with van der Waals surface area (Å²) in [6, 6.07) is 3.22. The molecule has 2 N–H and O–H groups in total. The van der Waals surface area contributed by atoms with Crippen molar-refractivity contribution < 1.29 is 8.42 Å². The molecule has 0 bridgehead atoms. The van der Waals surface area contributed by atoms with Crippen LogP contribution in [0.1, 0.15) is 5.56 Å². The van der Waals surface area contributed by atoms with Crippen LogP contribution in [0.25, 0.3) is 0 Å². The van der Waals surface area contributed by atoms with Crippen LogP contribution in [0.15, 0.2) is 35.7 Å². The topological polar surface area (TPSA) is 102 Å². The molecule has 0 aliphatic carbocycles. The third-order valence-corrected chi connectivity index (χ3v) is 3.94. The van der Waals surface area contributed by atoms with Crippen molar-refractivity contribution in [2.75, 3.05) is 13.6 Å². The number of nitrogens with one attached hydrogen (secondary N) is 2. The summed E-state index contributed by atoms with van der Waals surface area (Å²) in [5.41, 5.74) is 0.925. The quantitative estimate of drug-likeness (QED) is 0.705. The van der Waals surface area contributed by atoms with E-state index in [2.05, 4.69) is 25.3 Å². The predicted octanol–water partition coefficient (Wildman–Crippen LogP) is -0.629. The lowest BCUT2D eigenvalue weighted by Gasteiger charge is -2.06. The Morgan fingerprint density at radius 1 is 1.35 bits per heavy atom. The van der Waals surface area contributed by atoms with Gasteiger partial charge in [0.25, 0.3) is 10.0 Å². The van der Waals surface area contributed by atoms with Gasteiger partial charge in [0.05, 0.1) is 12.7 Å². The summed E-state index contributed by atoms with van der Waals surface area (Å²) >= 11 is 0. The highest BCUT2D eigenvalue weighted by molar-refractivity contribution is 7.89. The van der Waals surface area contributed by atoms with Gasteiger partial charge in [-0.15, -0.1) is 5.10 Å². The molecule has 0 saturated carbocycles. The van der Waals surface area contributed by atoms with E-state index < -0.39 is 10.0 Å². The molecule has 0 amide bonds. The fourth-order valence-corrected chi connectivity index (χ4v) is 2.55. The number of aromatic nitrogens is 4. The molecule has 0 aliphatic rings. The molecule has 0 saturated heterocycles. The van der Waals surface area contributed by atoms with E-state index in [1.54, 1.807) is 23.1 Å². The van der Waals surface area contributed by atoms with E-state index in [-0.39, 0.29) is 11.6 Å². The summed E-state index contributed by atoms with van der Waals surface area (Å²) < 4.78 is 28.0. The number of sulfonamides is 1. The zero-order valence-electron chi connectivity index (χ0n) is 11.0. The van der Waals surface area contributed by atoms with Crippen LogP contribution in [-0.2, 0) is 23.1 Å². The summed E-state index contributed by atoms with van der Waals surface area (Å²) in [7, 11) is -1.77. The van der Waals surface area contributed by atoms with Crippen LogP contribution < -0.4 is 10.0 Å². The minimum absolute atomic E-state index is 0.0101. The molecule has 0 atom stereocenters. The first-order valence-electron chi connectivity index (χ1n) is 6.05. The average molecular weight is 296 g/mol. The third kappa shape index (κ3) is 3.83. The Labute approximate surface area is 117 Å². The van der Waals surface area contributed by atoms with Crippen molar-refractivity contribution in [3.05, 3.63) is 36.3 Å². The fourth-order valence-electron chi connectivity index (χ4n) is 1.60. The lowest BCUT2D eigenvalue weighted by atomic mass is 10.3. The van der Waals surface area contributed by atoms with Crippen LogP contribution in [0.4, 0.5) is 0 Å². The SMILES string of the molecule is CNCc1ccc(S(=O)(=O)NCCn2ccnn2)nc1. The van der Waals surface area contributed by atoms with Crippen LogP contribution in [0, 0.1) is 0 Å². The van der Waals surface area contributed by atoms with Crippen molar-refractivity contribution >= 4 is 10.0 Å². The van der Waals surface area contributed by atoms with Gasteiger partial charge in [-0.05, 0) is 18.7 Å². The van der Waals surface area contributed by atoms with Gasteiger partial charge in [0.1, 0.15) is 0 Å². The Morgan fingerprint density at radius 2 is 2.20 bits per heavy atom. The van der Waals surface area contributed by atoms with Gasteiger partial charge in [-0.3, -0.25) is 4.68 Å². The molecule has 0 fully saturated rings. The second kappa shape index (κ2) is 6.55. The Bertz CT molecular complexity index is 623. The smallest absolute Gasteiger partial charge is 0.258 e. The maximum absolute atomic E-state index is 12.0. The molecule has 0 aliphatic heterocycles. The molecular formula is C11H16N6O2S. The van der Waals surface area contributed by atoms with E-state index in [4.69, 9.17) is 0 Å². The zero-order chi connectivity index (χ0) is 14.4. The molecular weight excluding hydrogens is 280 g/mol. The van der Waals surface area contributed by atoms with Crippen LogP contribution in [-0.4, -0.2) is 42.0 Å². The first-order valence-corrected chi connectivity index (χ1v) is 7.53. The van der Waals surface area contributed by atoms with Gasteiger partial charge in [-0.25, -0.2) is 18.1 Å². The second-order valence-electron chi connectivity index (χ2n) is 4.10. The number of hydrogen-bond donors (Lipinski definition) is 2. The summed E-state index contributed by atoms with van der Waals surface area (Å²) in [4.78, 5) is 3.96. The maximum Gasteiger partial charge on any atom is 0.258 e. The minimum Gasteiger partial charge on any atom is -0.316 e. The summed E-state index contributed by atoms with van der Waals surface area (Å²) in [5.74, 6) is 0. The highest BCUT2D eigenvalue weighted by Gasteiger charge is 2.14. The van der Waals surface area contributed by atoms with Crippen LogP contribution in [0.3, 0.4) is 0 Å². The van der Waals surface area contributed by atoms with Gasteiger partial charge >= 0.3 is 0 Å². The monoisotopic (exact) mass is 296 g/mol. The standard InChI is InChI=1S/C11H16N6O2S/c1-12-8-10-2-3-11(13-9-10)20(18,19)15-5-7-17-6-4-14-16-17/h2-4,6,9,12,15H,5,7-8H2,1H3. The van der Waals surface area contributed by atoms with Gasteiger partial charge in [0.2, 0.25) is 0 Å². The zero-order valence-corrected chi connectivity index (χ0v) is 11.8. The molecule has 8 nitrogen and oxygen atoms in total. The van der Waals surface area contributed by atoms with Gasteiger partial charge in [-0.1, -0.05) is 11.3 Å². The first kappa shape index (κ1) is 14.6. The van der Waals surface area contributed by atoms with E-state index in [1.165, 1.54) is 12.3 Å². The summed E-state index contributed by atoms with van der Waals surface area (Å²) in [6.07, 6.45) is 4.75. The molecule has 9 heteroatoms. The van der Waals surface area contributed by atoms with E-state index in [9.17, 15) is 8.42 Å². The third-order valence-electron chi connectivity index (χ3n) is 2.56. The maximum atomic E-state index is 12.0. The number of nitrogens with zero attached hydrogens (tertiary/aromatic N) is 4. The van der Waals surface area contributed by atoms with Crippen LogP contribution >= 0.6 is 0 Å². The lowest BCUT2D eigenvalue weighted by Crippen LogP contribution is -2.28. The Hall–Kier alpha value is -1.84. The normalized spacial score (nSPS) is 11.7. The Morgan fingerprint density at radius 3 is 2.80 bits per heavy atom. The summed E-state index contributed by atoms with van der Waals surface area (Å²) in [5, 5.41) is 10.4. The van der Waals surface area contributed by atoms with Crippen molar-refractivity contribution in [1.82, 2.24) is 30.0 Å². The average Bonchev–Trinajstić information content (AvgIpc) is 2.93. The molecule has 0 unspecified atom stereocenters. The molecule has 0 spiro atoms. The highest BCUT2D eigenvalue weighted by Crippen LogP contribution is 2.06. The Balaban J connectivity index is 1.95. The van der Waals surface area contributed by atoms with Crippen LogP contribution in [0.5, 0.6) is 0 Å². The van der Waals surface area contributed by atoms with E-state index in [0.29, 0.717) is 13.1 Å². The van der Waals surface area contributed by atoms with Crippen molar-refractivity contribution in [2.45, 2.75) is 18.1 Å². The lowest BCUT2D eigenvalue weighted by molar-refractivity contribution is 0.550. The molecule has 0 radical (unpaired) electrons. The molecule has 2 aromatic rings. The number of hydrogen-bond acceptors (Lipinski definition) is 6. The van der Waals surface area contributed by atoms with E-state index in [1.807, 2.05) is 7.05 Å². The molecule has 0 aromatic carbocycles. The molecule has 108 valence electrons. The van der Waals surface area contributed by atoms with Gasteiger partial charge in [-0.2, -0.15) is 0 Å². The molecule has 2 heterocycles. The number of pyridine rings is 1. The predicted molar refractivity (Wildman–Crippen MR) is 72.2 cm³/mol. The number of rotatable bonds is 7. The van der Waals surface area contributed by atoms with Crippen LogP contribution in [0.2, 0.25) is 0 Å². The van der Waals surface area contributed by atoms with E-state index in [0.717, 1.165) is 5.56 Å². The molecule has 20 heavy (non-hydrogen) atoms. The second-order valence-corrected chi connectivity index (χ2v) is 5.81. The van der Waals surface area contributed by atoms with Crippen molar-refractivity contribution in [3.8, 4) is 0 Å². The van der Waals surface area contributed by atoms with Gasteiger partial charge in [0.15, 0.2) is 5.03 Å². The largest absolute Gasteiger partial charge is 0.316 e. The van der Waals surface area contributed by atoms with Crippen molar-refractivity contribution in [1.29, 1.82) is 0 Å². The molecule has 2 aromatic heterocycles. The fraction of sp³-hybridized carbons (Fsp3) is 0.364. The van der Waals surface area contributed by atoms with Crippen molar-refractivity contribution in [2.24, 2.45) is 0 Å². The Kier molecular flexibility index (Phi) is 4.77. The summed E-state index contributed by atoms with van der Waals surface area (Å²) in [6.45, 7) is 1.29. The van der Waals surface area contributed by atoms with Crippen molar-refractivity contribution in [3.63, 3.8) is 0 Å². The minimum atomic E-state index is -3.59. The molecule has 2 rings (SSSR count). The van der Waals surface area contributed by atoms with E-state index >= 15 is 0 Å².